The minimum atomic E-state index is -3.35. The third kappa shape index (κ3) is 6.63. The van der Waals surface area contributed by atoms with Gasteiger partial charge in [0.05, 0.1) is 6.26 Å². The standard InChI is InChI=1S/C13H26N4O4S/c1-6-17(14-15-22(5,19)20)11-7-9-16(10-8-11)12(18)21-13(2,3)4/h6,11,14-15H,1,7-10H2,2-5H3. The summed E-state index contributed by atoms with van der Waals surface area (Å²) in [4.78, 5) is 15.8. The van der Waals surface area contributed by atoms with Crippen LogP contribution < -0.4 is 10.4 Å². The summed E-state index contributed by atoms with van der Waals surface area (Å²) in [7, 11) is -3.35. The number of piperidine rings is 1. The zero-order valence-electron chi connectivity index (χ0n) is 13.6. The summed E-state index contributed by atoms with van der Waals surface area (Å²) in [5.41, 5.74) is 2.09. The second kappa shape index (κ2) is 7.30. The molecule has 1 aliphatic heterocycles. The Labute approximate surface area is 132 Å². The van der Waals surface area contributed by atoms with E-state index >= 15 is 0 Å². The fraction of sp³-hybridized carbons (Fsp3) is 0.769. The molecule has 0 radical (unpaired) electrons. The third-order valence-electron chi connectivity index (χ3n) is 3.07. The van der Waals surface area contributed by atoms with Gasteiger partial charge >= 0.3 is 6.09 Å². The van der Waals surface area contributed by atoms with Gasteiger partial charge in [-0.3, -0.25) is 5.01 Å². The van der Waals surface area contributed by atoms with Crippen LogP contribution in [0.3, 0.4) is 0 Å². The Morgan fingerprint density at radius 1 is 1.36 bits per heavy atom. The number of rotatable bonds is 5. The quantitative estimate of drug-likeness (QED) is 0.723. The van der Waals surface area contributed by atoms with Crippen molar-refractivity contribution in [2.24, 2.45) is 0 Å². The number of carbonyl (C=O) groups excluding carboxylic acids is 1. The maximum atomic E-state index is 12.0. The van der Waals surface area contributed by atoms with Crippen LogP contribution in [0.5, 0.6) is 0 Å². The molecule has 9 heteroatoms. The first-order valence-corrected chi connectivity index (χ1v) is 9.02. The highest BCUT2D eigenvalue weighted by molar-refractivity contribution is 7.88. The fourth-order valence-electron chi connectivity index (χ4n) is 2.07. The molecule has 0 aromatic carbocycles. The number of amides is 1. The molecule has 1 saturated heterocycles. The van der Waals surface area contributed by atoms with Gasteiger partial charge in [0.2, 0.25) is 10.0 Å². The molecule has 0 unspecified atom stereocenters. The van der Waals surface area contributed by atoms with Crippen LogP contribution in [0.2, 0.25) is 0 Å². The summed E-state index contributed by atoms with van der Waals surface area (Å²) in [5.74, 6) is 0. The van der Waals surface area contributed by atoms with Crippen LogP contribution in [0.1, 0.15) is 33.6 Å². The van der Waals surface area contributed by atoms with E-state index in [1.807, 2.05) is 20.8 Å². The summed E-state index contributed by atoms with van der Waals surface area (Å²) in [6.07, 6.45) is 3.63. The van der Waals surface area contributed by atoms with Gasteiger partial charge in [-0.2, -0.15) is 5.53 Å². The van der Waals surface area contributed by atoms with Crippen LogP contribution in [-0.2, 0) is 14.8 Å². The van der Waals surface area contributed by atoms with Crippen molar-refractivity contribution in [2.75, 3.05) is 19.3 Å². The maximum absolute atomic E-state index is 12.0. The molecule has 0 aliphatic carbocycles. The number of nitrogens with one attached hydrogen (secondary N) is 2. The van der Waals surface area contributed by atoms with Gasteiger partial charge in [-0.1, -0.05) is 6.58 Å². The normalized spacial score (nSPS) is 17.2. The van der Waals surface area contributed by atoms with Crippen LogP contribution in [0.4, 0.5) is 4.79 Å². The number of likely N-dealkylation sites (tertiary alicyclic amines) is 1. The molecule has 0 saturated carbocycles. The van der Waals surface area contributed by atoms with Crippen molar-refractivity contribution in [3.63, 3.8) is 0 Å². The molecule has 0 spiro atoms. The van der Waals surface area contributed by atoms with Crippen molar-refractivity contribution in [2.45, 2.75) is 45.3 Å². The van der Waals surface area contributed by atoms with Gasteiger partial charge in [-0.15, -0.1) is 4.83 Å². The molecule has 0 aromatic heterocycles. The first-order chi connectivity index (χ1) is 10.0. The molecule has 0 bridgehead atoms. The van der Waals surface area contributed by atoms with Gasteiger partial charge in [0.1, 0.15) is 5.60 Å². The van der Waals surface area contributed by atoms with Crippen molar-refractivity contribution in [3.05, 3.63) is 12.8 Å². The van der Waals surface area contributed by atoms with Crippen LogP contribution in [0, 0.1) is 0 Å². The van der Waals surface area contributed by atoms with E-state index in [9.17, 15) is 13.2 Å². The topological polar surface area (TPSA) is 91.0 Å². The number of sulfonamides is 1. The average molecular weight is 334 g/mol. The highest BCUT2D eigenvalue weighted by Gasteiger charge is 2.28. The number of hydrazine groups is 2. The minimum absolute atomic E-state index is 0.0467. The Bertz CT molecular complexity index is 493. The fourth-order valence-corrected chi connectivity index (χ4v) is 2.35. The number of carbonyl (C=O) groups is 1. The van der Waals surface area contributed by atoms with E-state index in [1.54, 1.807) is 9.91 Å². The Kier molecular flexibility index (Phi) is 6.21. The average Bonchev–Trinajstić information content (AvgIpc) is 2.37. The molecular weight excluding hydrogens is 308 g/mol. The zero-order valence-corrected chi connectivity index (χ0v) is 14.4. The third-order valence-corrected chi connectivity index (χ3v) is 3.53. The van der Waals surface area contributed by atoms with Crippen molar-refractivity contribution < 1.29 is 17.9 Å². The van der Waals surface area contributed by atoms with Crippen LogP contribution in [0.25, 0.3) is 0 Å². The van der Waals surface area contributed by atoms with E-state index in [-0.39, 0.29) is 12.1 Å². The monoisotopic (exact) mass is 334 g/mol. The lowest BCUT2D eigenvalue weighted by Crippen LogP contribution is -2.54. The van der Waals surface area contributed by atoms with Gasteiger partial charge in [0.15, 0.2) is 0 Å². The van der Waals surface area contributed by atoms with E-state index in [2.05, 4.69) is 16.9 Å². The molecule has 22 heavy (non-hydrogen) atoms. The van der Waals surface area contributed by atoms with E-state index in [1.165, 1.54) is 6.20 Å². The molecule has 2 N–H and O–H groups in total. The highest BCUT2D eigenvalue weighted by atomic mass is 32.2. The summed E-state index contributed by atoms with van der Waals surface area (Å²) < 4.78 is 27.5. The molecule has 8 nitrogen and oxygen atoms in total. The molecular formula is C13H26N4O4S. The molecule has 1 amide bonds. The lowest BCUT2D eigenvalue weighted by molar-refractivity contribution is 0.0139. The molecule has 1 heterocycles. The molecule has 1 fully saturated rings. The Balaban J connectivity index is 2.49. The lowest BCUT2D eigenvalue weighted by Gasteiger charge is -2.38. The zero-order chi connectivity index (χ0) is 17.0. The summed E-state index contributed by atoms with van der Waals surface area (Å²) in [5, 5.41) is 1.60. The van der Waals surface area contributed by atoms with Crippen LogP contribution >= 0.6 is 0 Å². The number of nitrogens with zero attached hydrogens (tertiary/aromatic N) is 2. The first kappa shape index (κ1) is 18.7. The van der Waals surface area contributed by atoms with Gasteiger partial charge in [-0.05, 0) is 33.6 Å². The predicted molar refractivity (Wildman–Crippen MR) is 84.0 cm³/mol. The Morgan fingerprint density at radius 2 is 1.91 bits per heavy atom. The van der Waals surface area contributed by atoms with E-state index in [0.29, 0.717) is 25.9 Å². The summed E-state index contributed by atoms with van der Waals surface area (Å²) >= 11 is 0. The molecule has 0 atom stereocenters. The van der Waals surface area contributed by atoms with Gasteiger partial charge in [-0.25, -0.2) is 13.2 Å². The van der Waals surface area contributed by atoms with Crippen molar-refractivity contribution in [1.82, 2.24) is 20.3 Å². The SMILES string of the molecule is C=CN(NNS(C)(=O)=O)C1CCN(C(=O)OC(C)(C)C)CC1. The van der Waals surface area contributed by atoms with E-state index in [0.717, 1.165) is 6.26 Å². The highest BCUT2D eigenvalue weighted by Crippen LogP contribution is 2.18. The first-order valence-electron chi connectivity index (χ1n) is 7.13. The lowest BCUT2D eigenvalue weighted by atomic mass is 10.1. The largest absolute Gasteiger partial charge is 0.444 e. The number of hydrogen-bond donors (Lipinski definition) is 2. The van der Waals surface area contributed by atoms with Gasteiger partial charge in [0, 0.05) is 25.3 Å². The van der Waals surface area contributed by atoms with Gasteiger partial charge < -0.3 is 9.64 Å². The second-order valence-corrected chi connectivity index (χ2v) is 8.02. The van der Waals surface area contributed by atoms with Crippen LogP contribution in [-0.4, -0.2) is 55.4 Å². The van der Waals surface area contributed by atoms with Crippen molar-refractivity contribution in [1.29, 1.82) is 0 Å². The molecule has 128 valence electrons. The van der Waals surface area contributed by atoms with E-state index < -0.39 is 15.6 Å². The molecule has 0 aromatic rings. The van der Waals surface area contributed by atoms with E-state index in [4.69, 9.17) is 4.74 Å². The minimum Gasteiger partial charge on any atom is -0.444 e. The number of hydrogen-bond acceptors (Lipinski definition) is 6. The second-order valence-electron chi connectivity index (χ2n) is 6.27. The summed E-state index contributed by atoms with van der Waals surface area (Å²) in [6, 6.07) is 0.0467. The Hall–Kier alpha value is -1.32. The smallest absolute Gasteiger partial charge is 0.410 e. The predicted octanol–water partition coefficient (Wildman–Crippen LogP) is 0.800. The Morgan fingerprint density at radius 3 is 2.32 bits per heavy atom. The van der Waals surface area contributed by atoms with Crippen LogP contribution in [0.15, 0.2) is 12.8 Å². The summed E-state index contributed by atoms with van der Waals surface area (Å²) in [6.45, 7) is 10.2. The molecule has 1 rings (SSSR count). The number of ether oxygens (including phenoxy) is 1. The van der Waals surface area contributed by atoms with Crippen molar-refractivity contribution in [3.8, 4) is 0 Å². The van der Waals surface area contributed by atoms with Gasteiger partial charge in [0.25, 0.3) is 0 Å². The maximum Gasteiger partial charge on any atom is 0.410 e. The van der Waals surface area contributed by atoms with Crippen molar-refractivity contribution >= 4 is 16.1 Å². The molecule has 1 aliphatic rings.